The molecule has 42 heavy (non-hydrogen) atoms. The van der Waals surface area contributed by atoms with Crippen LogP contribution in [-0.2, 0) is 7.05 Å². The van der Waals surface area contributed by atoms with Gasteiger partial charge in [0.2, 0.25) is 0 Å². The maximum absolute atomic E-state index is 4.57. The van der Waals surface area contributed by atoms with E-state index in [0.29, 0.717) is 0 Å². The predicted molar refractivity (Wildman–Crippen MR) is 173 cm³/mol. The molecule has 0 amide bonds. The fourth-order valence-corrected chi connectivity index (χ4v) is 6.05. The van der Waals surface area contributed by atoms with Crippen molar-refractivity contribution in [3.05, 3.63) is 151 Å². The average Bonchev–Trinajstić information content (AvgIpc) is 3.32. The molecule has 3 nitrogen and oxygen atoms in total. The lowest BCUT2D eigenvalue weighted by Gasteiger charge is -2.18. The van der Waals surface area contributed by atoms with Gasteiger partial charge in [0.15, 0.2) is 11.0 Å². The van der Waals surface area contributed by atoms with Gasteiger partial charge >= 0.3 is 0 Å². The first-order valence-electron chi connectivity index (χ1n) is 14.4. The number of benzene rings is 5. The van der Waals surface area contributed by atoms with E-state index in [0.717, 1.165) is 22.6 Å². The molecule has 0 unspecified atom stereocenters. The largest absolute Gasteiger partial charge is 0.296 e. The maximum Gasteiger partial charge on any atom is 0.296 e. The van der Waals surface area contributed by atoms with E-state index in [2.05, 4.69) is 162 Å². The molecule has 0 radical (unpaired) electrons. The van der Waals surface area contributed by atoms with Gasteiger partial charge in [0.1, 0.15) is 5.69 Å². The van der Waals surface area contributed by atoms with Crippen molar-refractivity contribution in [3.63, 3.8) is 0 Å². The topological polar surface area (TPSA) is 21.7 Å². The van der Waals surface area contributed by atoms with Crippen LogP contribution >= 0.6 is 0 Å². The summed E-state index contributed by atoms with van der Waals surface area (Å²) in [5.41, 5.74) is 14.1. The summed E-state index contributed by atoms with van der Waals surface area (Å²) in [5.74, 6) is 1.10. The standard InChI is InChI=1S/C39H32N3/c1-27-19-20-36-37(23-27)42(39(41(36)3)35-26-40-22-21-28(35)2)38-33(30-15-9-5-10-16-30)24-32(29-13-7-4-8-14-29)25-34(38)31-17-11-6-12-18-31/h4-26H,1-3H3/q+1. The summed E-state index contributed by atoms with van der Waals surface area (Å²) >= 11 is 0. The van der Waals surface area contributed by atoms with E-state index < -0.39 is 0 Å². The van der Waals surface area contributed by atoms with Crippen molar-refractivity contribution in [2.24, 2.45) is 7.05 Å². The lowest BCUT2D eigenvalue weighted by molar-refractivity contribution is -0.633. The summed E-state index contributed by atoms with van der Waals surface area (Å²) in [7, 11) is 2.17. The predicted octanol–water partition coefficient (Wildman–Crippen LogP) is 9.13. The third-order valence-corrected chi connectivity index (χ3v) is 8.15. The number of rotatable bonds is 5. The molecule has 0 fully saturated rings. The smallest absolute Gasteiger partial charge is 0.264 e. The second-order valence-corrected chi connectivity index (χ2v) is 10.9. The van der Waals surface area contributed by atoms with E-state index in [4.69, 9.17) is 0 Å². The maximum atomic E-state index is 4.57. The molecule has 0 saturated carbocycles. The van der Waals surface area contributed by atoms with Crippen LogP contribution in [0.3, 0.4) is 0 Å². The second-order valence-electron chi connectivity index (χ2n) is 10.9. The summed E-state index contributed by atoms with van der Waals surface area (Å²) < 4.78 is 4.78. The van der Waals surface area contributed by atoms with Crippen LogP contribution in [0.5, 0.6) is 0 Å². The van der Waals surface area contributed by atoms with Crippen LogP contribution in [0.25, 0.3) is 61.5 Å². The van der Waals surface area contributed by atoms with Gasteiger partial charge in [-0.2, -0.15) is 4.57 Å². The SMILES string of the molecule is Cc1ccc2c(c1)n(-c1c(-c3ccccc3)cc(-c3ccccc3)cc1-c1ccccc1)c(-c1cnccc1C)[n+]2C. The minimum absolute atomic E-state index is 1.10. The molecular weight excluding hydrogens is 510 g/mol. The first-order chi connectivity index (χ1) is 20.6. The van der Waals surface area contributed by atoms with Gasteiger partial charge in [0, 0.05) is 23.5 Å². The van der Waals surface area contributed by atoms with E-state index >= 15 is 0 Å². The number of aryl methyl sites for hydroxylation is 3. The zero-order valence-corrected chi connectivity index (χ0v) is 24.1. The van der Waals surface area contributed by atoms with E-state index in [9.17, 15) is 0 Å². The average molecular weight is 543 g/mol. The summed E-state index contributed by atoms with van der Waals surface area (Å²) in [6.07, 6.45) is 3.87. The number of imidazole rings is 1. The van der Waals surface area contributed by atoms with Crippen molar-refractivity contribution in [2.75, 3.05) is 0 Å². The normalized spacial score (nSPS) is 11.2. The highest BCUT2D eigenvalue weighted by molar-refractivity contribution is 5.94. The molecule has 0 saturated heterocycles. The molecule has 3 heteroatoms. The number of pyridine rings is 1. The Kier molecular flexibility index (Phi) is 6.48. The van der Waals surface area contributed by atoms with Crippen LogP contribution in [0.15, 0.2) is 140 Å². The summed E-state index contributed by atoms with van der Waals surface area (Å²) in [6.45, 7) is 4.33. The van der Waals surface area contributed by atoms with Crippen molar-refractivity contribution >= 4 is 11.0 Å². The number of fused-ring (bicyclic) bond motifs is 1. The van der Waals surface area contributed by atoms with Crippen molar-refractivity contribution in [3.8, 4) is 50.5 Å². The van der Waals surface area contributed by atoms with Crippen LogP contribution in [0.4, 0.5) is 0 Å². The molecule has 7 aromatic rings. The molecule has 7 rings (SSSR count). The van der Waals surface area contributed by atoms with Crippen molar-refractivity contribution in [1.82, 2.24) is 9.55 Å². The first kappa shape index (κ1) is 25.7. The highest BCUT2D eigenvalue weighted by Crippen LogP contribution is 2.43. The quantitative estimate of drug-likeness (QED) is 0.199. The molecule has 0 aliphatic carbocycles. The molecule has 2 heterocycles. The van der Waals surface area contributed by atoms with Crippen molar-refractivity contribution < 1.29 is 4.57 Å². The highest BCUT2D eigenvalue weighted by atomic mass is 15.2. The van der Waals surface area contributed by atoms with Gasteiger partial charge in [-0.15, -0.1) is 0 Å². The molecule has 0 aliphatic rings. The molecule has 0 aliphatic heterocycles. The molecule has 0 bridgehead atoms. The zero-order valence-electron chi connectivity index (χ0n) is 24.1. The number of hydrogen-bond acceptors (Lipinski definition) is 1. The van der Waals surface area contributed by atoms with Crippen molar-refractivity contribution in [1.29, 1.82) is 0 Å². The Balaban J connectivity index is 1.70. The third kappa shape index (κ3) is 4.40. The molecule has 5 aromatic carbocycles. The van der Waals surface area contributed by atoms with E-state index in [-0.39, 0.29) is 0 Å². The number of nitrogens with zero attached hydrogens (tertiary/aromatic N) is 3. The Hall–Kier alpha value is -5.28. The summed E-state index contributed by atoms with van der Waals surface area (Å²) in [6, 6.07) is 45.8. The zero-order chi connectivity index (χ0) is 28.6. The van der Waals surface area contributed by atoms with Gasteiger partial charge in [0.25, 0.3) is 5.82 Å². The number of hydrogen-bond donors (Lipinski definition) is 0. The van der Waals surface area contributed by atoms with Crippen LogP contribution < -0.4 is 4.57 Å². The molecule has 202 valence electrons. The first-order valence-corrected chi connectivity index (χ1v) is 14.4. The Morgan fingerprint density at radius 1 is 0.571 bits per heavy atom. The van der Waals surface area contributed by atoms with Gasteiger partial charge in [-0.1, -0.05) is 97.1 Å². The minimum atomic E-state index is 1.10. The molecule has 0 N–H and O–H groups in total. The van der Waals surface area contributed by atoms with Crippen LogP contribution in [0, 0.1) is 13.8 Å². The second kappa shape index (κ2) is 10.6. The lowest BCUT2D eigenvalue weighted by Crippen LogP contribution is -2.30. The van der Waals surface area contributed by atoms with Crippen molar-refractivity contribution in [2.45, 2.75) is 13.8 Å². The Morgan fingerprint density at radius 3 is 1.71 bits per heavy atom. The fraction of sp³-hybridized carbons (Fsp3) is 0.0769. The highest BCUT2D eigenvalue weighted by Gasteiger charge is 2.31. The Morgan fingerprint density at radius 2 is 1.14 bits per heavy atom. The molecule has 2 aromatic heterocycles. The Bertz CT molecular complexity index is 1980. The summed E-state index contributed by atoms with van der Waals surface area (Å²) in [4.78, 5) is 4.57. The van der Waals surface area contributed by atoms with Crippen LogP contribution in [-0.4, -0.2) is 9.55 Å². The van der Waals surface area contributed by atoms with Gasteiger partial charge in [0.05, 0.1) is 12.6 Å². The fourth-order valence-electron chi connectivity index (χ4n) is 6.05. The number of aromatic nitrogens is 3. The Labute approximate surface area is 247 Å². The molecule has 0 atom stereocenters. The van der Waals surface area contributed by atoms with E-state index in [1.165, 1.54) is 50.0 Å². The van der Waals surface area contributed by atoms with Gasteiger partial charge in [-0.3, -0.25) is 4.98 Å². The van der Waals surface area contributed by atoms with Crippen LogP contribution in [0.2, 0.25) is 0 Å². The monoisotopic (exact) mass is 542 g/mol. The van der Waals surface area contributed by atoms with Gasteiger partial charge in [-0.05, 0) is 77.6 Å². The molecule has 0 spiro atoms. The summed E-state index contributed by atoms with van der Waals surface area (Å²) in [5, 5.41) is 0. The third-order valence-electron chi connectivity index (χ3n) is 8.15. The van der Waals surface area contributed by atoms with E-state index in [1.54, 1.807) is 0 Å². The lowest BCUT2D eigenvalue weighted by atomic mass is 9.90. The van der Waals surface area contributed by atoms with E-state index in [1.807, 2.05) is 12.4 Å². The van der Waals surface area contributed by atoms with Gasteiger partial charge < -0.3 is 0 Å². The van der Waals surface area contributed by atoms with Crippen LogP contribution in [0.1, 0.15) is 11.1 Å². The minimum Gasteiger partial charge on any atom is -0.264 e. The molecular formula is C39H32N3+. The van der Waals surface area contributed by atoms with Gasteiger partial charge in [-0.25, -0.2) is 4.57 Å².